The molecule has 0 amide bonds. The summed E-state index contributed by atoms with van der Waals surface area (Å²) in [4.78, 5) is 10.3. The van der Waals surface area contributed by atoms with Crippen LogP contribution in [-0.2, 0) is 30.5 Å². The third kappa shape index (κ3) is 7.68. The SMILES string of the molecule is CS(=O)OCC(O)C(COS(C)=O)N=O. The van der Waals surface area contributed by atoms with E-state index >= 15 is 0 Å². The Hall–Kier alpha value is -0.220. The van der Waals surface area contributed by atoms with E-state index in [0.717, 1.165) is 0 Å². The van der Waals surface area contributed by atoms with E-state index in [1.165, 1.54) is 12.5 Å². The molecule has 0 saturated carbocycles. The van der Waals surface area contributed by atoms with Crippen molar-refractivity contribution in [2.24, 2.45) is 5.18 Å². The van der Waals surface area contributed by atoms with Gasteiger partial charge in [0.05, 0.1) is 13.2 Å². The molecule has 0 saturated heterocycles. The maximum absolute atomic E-state index is 10.5. The molecule has 4 unspecified atom stereocenters. The largest absolute Gasteiger partial charge is 0.388 e. The zero-order chi connectivity index (χ0) is 11.8. The minimum absolute atomic E-state index is 0.270. The molecule has 0 bridgehead atoms. The lowest BCUT2D eigenvalue weighted by Crippen LogP contribution is -2.33. The van der Waals surface area contributed by atoms with Gasteiger partial charge in [-0.1, -0.05) is 5.18 Å². The van der Waals surface area contributed by atoms with E-state index in [-0.39, 0.29) is 13.2 Å². The van der Waals surface area contributed by atoms with Gasteiger partial charge in [-0.05, 0) is 0 Å². The van der Waals surface area contributed by atoms with Gasteiger partial charge in [0.15, 0.2) is 22.2 Å². The molecular formula is C6H13NO6S2. The number of aliphatic hydroxyl groups excluding tert-OH is 1. The van der Waals surface area contributed by atoms with Crippen molar-refractivity contribution in [3.05, 3.63) is 4.91 Å². The Morgan fingerprint density at radius 2 is 1.67 bits per heavy atom. The maximum atomic E-state index is 10.5. The second-order valence-corrected chi connectivity index (χ2v) is 4.69. The van der Waals surface area contributed by atoms with Crippen LogP contribution in [0.4, 0.5) is 0 Å². The molecule has 0 aromatic rings. The molecule has 0 spiro atoms. The summed E-state index contributed by atoms with van der Waals surface area (Å²) in [5.74, 6) is 0. The number of nitrogens with zero attached hydrogens (tertiary/aromatic N) is 1. The molecule has 4 atom stereocenters. The van der Waals surface area contributed by atoms with Crippen LogP contribution in [-0.4, -0.2) is 51.4 Å². The summed E-state index contributed by atoms with van der Waals surface area (Å²) < 4.78 is 30.2. The van der Waals surface area contributed by atoms with Crippen LogP contribution in [0.2, 0.25) is 0 Å². The van der Waals surface area contributed by atoms with E-state index in [0.29, 0.717) is 0 Å². The third-order valence-electron chi connectivity index (χ3n) is 1.39. The van der Waals surface area contributed by atoms with Gasteiger partial charge < -0.3 is 5.11 Å². The van der Waals surface area contributed by atoms with Gasteiger partial charge in [-0.25, -0.2) is 8.42 Å². The first-order valence-corrected chi connectivity index (χ1v) is 6.88. The molecule has 90 valence electrons. The van der Waals surface area contributed by atoms with Crippen molar-refractivity contribution in [2.45, 2.75) is 12.1 Å². The number of nitroso groups, excluding NO2 is 1. The van der Waals surface area contributed by atoms with Crippen molar-refractivity contribution >= 4 is 22.2 Å². The Morgan fingerprint density at radius 1 is 1.20 bits per heavy atom. The average Bonchev–Trinajstić information content (AvgIpc) is 2.15. The van der Waals surface area contributed by atoms with Crippen LogP contribution in [0.15, 0.2) is 5.18 Å². The molecule has 0 heterocycles. The van der Waals surface area contributed by atoms with Crippen molar-refractivity contribution in [3.8, 4) is 0 Å². The lowest BCUT2D eigenvalue weighted by molar-refractivity contribution is 0.0763. The highest BCUT2D eigenvalue weighted by atomic mass is 32.2. The number of hydrogen-bond acceptors (Lipinski definition) is 7. The van der Waals surface area contributed by atoms with Gasteiger partial charge in [0.25, 0.3) is 0 Å². The van der Waals surface area contributed by atoms with E-state index in [1.807, 2.05) is 0 Å². The minimum Gasteiger partial charge on any atom is -0.388 e. The molecule has 0 aliphatic heterocycles. The summed E-state index contributed by atoms with van der Waals surface area (Å²) in [6, 6.07) is -1.09. The molecule has 0 aliphatic carbocycles. The van der Waals surface area contributed by atoms with E-state index in [2.05, 4.69) is 13.5 Å². The molecule has 1 N–H and O–H groups in total. The average molecular weight is 259 g/mol. The summed E-state index contributed by atoms with van der Waals surface area (Å²) in [7, 11) is 0. The lowest BCUT2D eigenvalue weighted by atomic mass is 10.2. The Labute approximate surface area is 92.4 Å². The van der Waals surface area contributed by atoms with Crippen LogP contribution in [0, 0.1) is 4.91 Å². The highest BCUT2D eigenvalue weighted by Crippen LogP contribution is 2.02. The van der Waals surface area contributed by atoms with E-state index in [1.54, 1.807) is 0 Å². The molecule has 0 radical (unpaired) electrons. The molecule has 9 heteroatoms. The van der Waals surface area contributed by atoms with Crippen molar-refractivity contribution < 1.29 is 21.9 Å². The summed E-state index contributed by atoms with van der Waals surface area (Å²) >= 11 is -3.05. The quantitative estimate of drug-likeness (QED) is 0.567. The van der Waals surface area contributed by atoms with Gasteiger partial charge in [0.2, 0.25) is 0 Å². The predicted molar refractivity (Wildman–Crippen MR) is 55.6 cm³/mol. The van der Waals surface area contributed by atoms with Crippen LogP contribution >= 0.6 is 0 Å². The fourth-order valence-corrected chi connectivity index (χ4v) is 1.32. The second kappa shape index (κ2) is 7.99. The smallest absolute Gasteiger partial charge is 0.152 e. The van der Waals surface area contributed by atoms with Crippen LogP contribution in [0.5, 0.6) is 0 Å². The van der Waals surface area contributed by atoms with Crippen molar-refractivity contribution in [1.82, 2.24) is 0 Å². The molecule has 0 aromatic heterocycles. The number of aliphatic hydroxyl groups is 1. The monoisotopic (exact) mass is 259 g/mol. The molecule has 0 aliphatic rings. The van der Waals surface area contributed by atoms with Gasteiger partial charge in [-0.2, -0.15) is 4.91 Å². The van der Waals surface area contributed by atoms with E-state index in [4.69, 9.17) is 0 Å². The first-order chi connectivity index (χ1) is 6.97. The van der Waals surface area contributed by atoms with E-state index < -0.39 is 34.3 Å². The maximum Gasteiger partial charge on any atom is 0.152 e. The zero-order valence-corrected chi connectivity index (χ0v) is 9.95. The standard InChI is InChI=1S/C6H13NO6S2/c1-14(10)12-3-5(7-9)6(8)4-13-15(2)11/h5-6,8H,3-4H2,1-2H3. The summed E-state index contributed by atoms with van der Waals surface area (Å²) in [5, 5.41) is 11.9. The molecule has 0 aromatic carbocycles. The van der Waals surface area contributed by atoms with Gasteiger partial charge in [0.1, 0.15) is 12.1 Å². The molecule has 15 heavy (non-hydrogen) atoms. The van der Waals surface area contributed by atoms with Crippen LogP contribution in [0.25, 0.3) is 0 Å². The van der Waals surface area contributed by atoms with Gasteiger partial charge >= 0.3 is 0 Å². The molecule has 0 rings (SSSR count). The van der Waals surface area contributed by atoms with Gasteiger partial charge in [0, 0.05) is 12.5 Å². The van der Waals surface area contributed by atoms with Crippen LogP contribution in [0.1, 0.15) is 0 Å². The van der Waals surface area contributed by atoms with Gasteiger partial charge in [-0.3, -0.25) is 8.37 Å². The van der Waals surface area contributed by atoms with E-state index in [9.17, 15) is 18.4 Å². The number of hydrogen-bond donors (Lipinski definition) is 1. The molecule has 7 nitrogen and oxygen atoms in total. The lowest BCUT2D eigenvalue weighted by Gasteiger charge is -2.14. The van der Waals surface area contributed by atoms with Crippen molar-refractivity contribution in [3.63, 3.8) is 0 Å². The number of rotatable bonds is 8. The highest BCUT2D eigenvalue weighted by Gasteiger charge is 2.21. The Bertz CT molecular complexity index is 248. The normalized spacial score (nSPS) is 19.1. The Balaban J connectivity index is 3.97. The fourth-order valence-electron chi connectivity index (χ4n) is 0.654. The molecular weight excluding hydrogens is 246 g/mol. The zero-order valence-electron chi connectivity index (χ0n) is 8.32. The Morgan fingerprint density at radius 3 is 2.07 bits per heavy atom. The van der Waals surface area contributed by atoms with Crippen LogP contribution < -0.4 is 0 Å². The first-order valence-electron chi connectivity index (χ1n) is 3.91. The summed E-state index contributed by atoms with van der Waals surface area (Å²) in [6.07, 6.45) is 1.34. The Kier molecular flexibility index (Phi) is 7.88. The summed E-state index contributed by atoms with van der Waals surface area (Å²) in [6.45, 7) is -0.563. The predicted octanol–water partition coefficient (Wildman–Crippen LogP) is -0.897. The highest BCUT2D eigenvalue weighted by molar-refractivity contribution is 7.79. The molecule has 0 fully saturated rings. The second-order valence-electron chi connectivity index (χ2n) is 2.61. The van der Waals surface area contributed by atoms with Crippen molar-refractivity contribution in [2.75, 3.05) is 25.7 Å². The van der Waals surface area contributed by atoms with Crippen LogP contribution in [0.3, 0.4) is 0 Å². The summed E-state index contributed by atoms with van der Waals surface area (Å²) in [5.41, 5.74) is 0. The minimum atomic E-state index is -1.53. The van der Waals surface area contributed by atoms with Crippen molar-refractivity contribution in [1.29, 1.82) is 0 Å². The van der Waals surface area contributed by atoms with Gasteiger partial charge in [-0.15, -0.1) is 0 Å². The third-order valence-corrected chi connectivity index (χ3v) is 2.33. The topological polar surface area (TPSA) is 102 Å². The fraction of sp³-hybridized carbons (Fsp3) is 1.00. The first kappa shape index (κ1) is 14.8.